The smallest absolute Gasteiger partial charge is 0.337 e. The van der Waals surface area contributed by atoms with E-state index in [1.165, 1.54) is 13.2 Å². The maximum absolute atomic E-state index is 16.4. The zero-order valence-corrected chi connectivity index (χ0v) is 27.7. The molecule has 3 aliphatic rings. The fourth-order valence-corrected chi connectivity index (χ4v) is 8.76. The van der Waals surface area contributed by atoms with Crippen LogP contribution in [-0.2, 0) is 28.0 Å². The average Bonchev–Trinajstić information content (AvgIpc) is 3.71. The molecule has 0 unspecified atom stereocenters. The van der Waals surface area contributed by atoms with E-state index in [2.05, 4.69) is 14.8 Å². The van der Waals surface area contributed by atoms with E-state index in [1.54, 1.807) is 43.5 Å². The lowest BCUT2D eigenvalue weighted by Gasteiger charge is -2.40. The number of benzene rings is 4. The first-order valence-electron chi connectivity index (χ1n) is 15.8. The lowest BCUT2D eigenvalue weighted by molar-refractivity contribution is -0.127. The van der Waals surface area contributed by atoms with Crippen molar-refractivity contribution in [3.63, 3.8) is 0 Å². The van der Waals surface area contributed by atoms with Gasteiger partial charge in [0.2, 0.25) is 5.91 Å². The summed E-state index contributed by atoms with van der Waals surface area (Å²) >= 11 is 12.9. The minimum Gasteiger partial charge on any atom is -0.497 e. The zero-order chi connectivity index (χ0) is 33.3. The predicted molar refractivity (Wildman–Crippen MR) is 188 cm³/mol. The molecule has 4 atom stereocenters. The number of carbonyl (C=O) groups excluding carboxylic acids is 2. The number of aromatic nitrogens is 2. The fourth-order valence-electron chi connectivity index (χ4n) is 8.40. The molecule has 1 saturated heterocycles. The van der Waals surface area contributed by atoms with E-state index in [9.17, 15) is 9.59 Å². The number of hydrogen-bond donors (Lipinski definition) is 1. The summed E-state index contributed by atoms with van der Waals surface area (Å²) in [5.74, 6) is -0.930. The van der Waals surface area contributed by atoms with Gasteiger partial charge in [-0.25, -0.2) is 14.2 Å². The van der Waals surface area contributed by atoms with Crippen molar-refractivity contribution < 1.29 is 23.5 Å². The molecule has 0 radical (unpaired) electrons. The number of rotatable bonds is 6. The van der Waals surface area contributed by atoms with Crippen LogP contribution >= 0.6 is 23.2 Å². The highest BCUT2D eigenvalue weighted by atomic mass is 35.5. The Bertz CT molecular complexity index is 2140. The standard InChI is InChI=1S/C37H31Cl2FN4O4.CH4/c1-47-23-6-3-5-20(17-23)13-16-44-30-14-15-43-29-12-9-21(35(45)48-2)18-28(29)41-34(43)31(30)32(24-7-4-8-26(39)33(24)40)37(44)25-11-10-22(38)19-27(25)42-36(37)46;/h3-12,17-19,30-32H,13-16H2,1-2H3,(H,42,46);1H4/t30-,31+,32-,37+;/m0./s1. The molecule has 4 heterocycles. The number of hydrogen-bond acceptors (Lipinski definition) is 6. The molecule has 252 valence electrons. The number of anilines is 1. The van der Waals surface area contributed by atoms with E-state index in [0.717, 1.165) is 28.2 Å². The van der Waals surface area contributed by atoms with Crippen molar-refractivity contribution >= 4 is 51.8 Å². The van der Waals surface area contributed by atoms with Gasteiger partial charge in [0, 0.05) is 47.2 Å². The third-order valence-corrected chi connectivity index (χ3v) is 10.8. The van der Waals surface area contributed by atoms with Crippen LogP contribution in [0.1, 0.15) is 58.6 Å². The van der Waals surface area contributed by atoms with Gasteiger partial charge < -0.3 is 19.4 Å². The second kappa shape index (κ2) is 12.5. The molecule has 1 fully saturated rings. The lowest BCUT2D eigenvalue weighted by atomic mass is 9.70. The van der Waals surface area contributed by atoms with Gasteiger partial charge in [-0.2, -0.15) is 0 Å². The molecule has 4 aromatic carbocycles. The van der Waals surface area contributed by atoms with Gasteiger partial charge in [0.25, 0.3) is 0 Å². The number of fused-ring (bicyclic) bond motifs is 7. The molecule has 0 aliphatic carbocycles. The number of methoxy groups -OCH3 is 2. The minimum absolute atomic E-state index is 0. The van der Waals surface area contributed by atoms with Gasteiger partial charge >= 0.3 is 5.97 Å². The molecule has 1 aromatic heterocycles. The van der Waals surface area contributed by atoms with Gasteiger partial charge in [-0.1, -0.05) is 61.0 Å². The number of nitrogens with one attached hydrogen (secondary N) is 1. The van der Waals surface area contributed by atoms with E-state index in [-0.39, 0.29) is 24.4 Å². The number of nitrogens with zero attached hydrogens (tertiary/aromatic N) is 3. The molecule has 0 saturated carbocycles. The Morgan fingerprint density at radius 2 is 1.88 bits per heavy atom. The summed E-state index contributed by atoms with van der Waals surface area (Å²) in [6.07, 6.45) is 1.29. The Balaban J connectivity index is 0.00000378. The van der Waals surface area contributed by atoms with Crippen LogP contribution in [0.2, 0.25) is 10.0 Å². The van der Waals surface area contributed by atoms with Gasteiger partial charge in [-0.15, -0.1) is 0 Å². The number of imidazole rings is 1. The highest BCUT2D eigenvalue weighted by molar-refractivity contribution is 6.31. The summed E-state index contributed by atoms with van der Waals surface area (Å²) in [6, 6.07) is 23.4. The molecule has 3 aliphatic heterocycles. The van der Waals surface area contributed by atoms with E-state index in [0.29, 0.717) is 53.3 Å². The first-order chi connectivity index (χ1) is 23.3. The van der Waals surface area contributed by atoms with Crippen molar-refractivity contribution in [3.8, 4) is 5.75 Å². The average molecular weight is 702 g/mol. The number of amides is 1. The Hall–Kier alpha value is -4.44. The number of carbonyl (C=O) groups is 2. The van der Waals surface area contributed by atoms with Crippen molar-refractivity contribution in [2.24, 2.45) is 0 Å². The van der Waals surface area contributed by atoms with E-state index < -0.39 is 29.2 Å². The zero-order valence-electron chi connectivity index (χ0n) is 26.2. The lowest BCUT2D eigenvalue weighted by Crippen LogP contribution is -2.53. The summed E-state index contributed by atoms with van der Waals surface area (Å²) < 4.78 is 29.0. The maximum atomic E-state index is 16.4. The number of ether oxygens (including phenoxy) is 2. The van der Waals surface area contributed by atoms with Crippen molar-refractivity contribution in [1.29, 1.82) is 0 Å². The molecular weight excluding hydrogens is 666 g/mol. The van der Waals surface area contributed by atoms with Gasteiger partial charge in [-0.3, -0.25) is 9.69 Å². The molecule has 5 aromatic rings. The van der Waals surface area contributed by atoms with E-state index >= 15 is 4.39 Å². The van der Waals surface area contributed by atoms with Crippen LogP contribution in [0.25, 0.3) is 11.0 Å². The van der Waals surface area contributed by atoms with Crippen LogP contribution in [0.3, 0.4) is 0 Å². The van der Waals surface area contributed by atoms with Crippen molar-refractivity contribution in [2.75, 3.05) is 26.1 Å². The molecular formula is C38H35Cl2FN4O4. The number of halogens is 3. The van der Waals surface area contributed by atoms with Crippen LogP contribution in [0, 0.1) is 5.82 Å². The van der Waals surface area contributed by atoms with Crippen LogP contribution in [0.15, 0.2) is 78.9 Å². The Labute approximate surface area is 293 Å². The third-order valence-electron chi connectivity index (χ3n) is 10.3. The number of esters is 1. The summed E-state index contributed by atoms with van der Waals surface area (Å²) in [6.45, 7) is 1.12. The van der Waals surface area contributed by atoms with Crippen molar-refractivity contribution in [1.82, 2.24) is 14.5 Å². The maximum Gasteiger partial charge on any atom is 0.337 e. The Morgan fingerprint density at radius 1 is 1.06 bits per heavy atom. The summed E-state index contributed by atoms with van der Waals surface area (Å²) in [5, 5.41) is 3.59. The van der Waals surface area contributed by atoms with Crippen molar-refractivity contribution in [2.45, 2.75) is 50.2 Å². The molecule has 49 heavy (non-hydrogen) atoms. The second-order valence-electron chi connectivity index (χ2n) is 12.5. The van der Waals surface area contributed by atoms with Crippen LogP contribution in [0.4, 0.5) is 10.1 Å². The largest absolute Gasteiger partial charge is 0.497 e. The number of aryl methyl sites for hydroxylation is 1. The SMILES string of the molecule is C.COC(=O)c1ccc2c(c1)nc1n2CC[C@H]2[C@@H]1[C@H](c1cccc(Cl)c1F)[C@]1(C(=O)Nc3cc(Cl)ccc31)N2CCc1cccc(OC)c1. The molecule has 8 nitrogen and oxygen atoms in total. The van der Waals surface area contributed by atoms with Gasteiger partial charge in [0.05, 0.1) is 35.8 Å². The van der Waals surface area contributed by atoms with E-state index in [1.807, 2.05) is 36.4 Å². The quantitative estimate of drug-likeness (QED) is 0.181. The molecule has 8 rings (SSSR count). The molecule has 1 spiro atoms. The normalized spacial score (nSPS) is 22.3. The first-order valence-corrected chi connectivity index (χ1v) is 16.6. The second-order valence-corrected chi connectivity index (χ2v) is 13.4. The minimum atomic E-state index is -1.32. The third kappa shape index (κ3) is 4.93. The van der Waals surface area contributed by atoms with Gasteiger partial charge in [0.1, 0.15) is 22.9 Å². The highest BCUT2D eigenvalue weighted by Crippen LogP contribution is 2.64. The van der Waals surface area contributed by atoms with Gasteiger partial charge in [0.15, 0.2) is 0 Å². The topological polar surface area (TPSA) is 85.7 Å². The van der Waals surface area contributed by atoms with Crippen LogP contribution < -0.4 is 10.1 Å². The summed E-state index contributed by atoms with van der Waals surface area (Å²) in [4.78, 5) is 34.6. The van der Waals surface area contributed by atoms with E-state index in [4.69, 9.17) is 37.7 Å². The summed E-state index contributed by atoms with van der Waals surface area (Å²) in [7, 11) is 2.98. The van der Waals surface area contributed by atoms with Crippen LogP contribution in [0.5, 0.6) is 5.75 Å². The number of likely N-dealkylation sites (tertiary alicyclic amines) is 1. The van der Waals surface area contributed by atoms with Crippen molar-refractivity contribution in [3.05, 3.63) is 123 Å². The van der Waals surface area contributed by atoms with Gasteiger partial charge in [-0.05, 0) is 72.5 Å². The molecule has 1 amide bonds. The fraction of sp³-hybridized carbons (Fsp3) is 0.289. The molecule has 0 bridgehead atoms. The van der Waals surface area contributed by atoms with Crippen LogP contribution in [-0.4, -0.2) is 53.1 Å². The summed E-state index contributed by atoms with van der Waals surface area (Å²) in [5.41, 5.74) is 3.28. The molecule has 1 N–H and O–H groups in total. The predicted octanol–water partition coefficient (Wildman–Crippen LogP) is 7.96. The highest BCUT2D eigenvalue weighted by Gasteiger charge is 2.68. The Morgan fingerprint density at radius 3 is 2.67 bits per heavy atom. The Kier molecular flexibility index (Phi) is 8.41. The molecule has 11 heteroatoms. The monoisotopic (exact) mass is 700 g/mol. The first kappa shape index (κ1) is 33.1.